The first-order valence-corrected chi connectivity index (χ1v) is 3.25. The van der Waals surface area contributed by atoms with E-state index in [9.17, 15) is 8.78 Å². The third kappa shape index (κ3) is 1.61. The van der Waals surface area contributed by atoms with Crippen LogP contribution < -0.4 is 5.32 Å². The molecule has 3 heteroatoms. The fourth-order valence-electron chi connectivity index (χ4n) is 0.810. The third-order valence-electron chi connectivity index (χ3n) is 1.60. The van der Waals surface area contributed by atoms with Gasteiger partial charge in [0, 0.05) is 18.9 Å². The molecule has 0 aromatic carbocycles. The smallest absolute Gasteiger partial charge is 0.252 e. The number of halogens is 2. The maximum Gasteiger partial charge on any atom is 0.252 e. The van der Waals surface area contributed by atoms with Crippen LogP contribution in [0.4, 0.5) is 8.78 Å². The van der Waals surface area contributed by atoms with E-state index in [0.717, 1.165) is 6.54 Å². The Bertz CT molecular complexity index is 103. The van der Waals surface area contributed by atoms with Gasteiger partial charge >= 0.3 is 0 Å². The van der Waals surface area contributed by atoms with Crippen molar-refractivity contribution in [3.63, 3.8) is 0 Å². The zero-order chi connectivity index (χ0) is 6.91. The number of alkyl halides is 2. The van der Waals surface area contributed by atoms with Crippen molar-refractivity contribution < 1.29 is 8.78 Å². The minimum absolute atomic E-state index is 0.0833. The third-order valence-corrected chi connectivity index (χ3v) is 1.60. The van der Waals surface area contributed by atoms with Gasteiger partial charge in [0.15, 0.2) is 0 Å². The predicted molar refractivity (Wildman–Crippen MR) is 31.6 cm³/mol. The fourth-order valence-corrected chi connectivity index (χ4v) is 0.810. The molecule has 54 valence electrons. The van der Waals surface area contributed by atoms with Crippen molar-refractivity contribution in [2.24, 2.45) is 5.92 Å². The van der Waals surface area contributed by atoms with Crippen LogP contribution in [0.25, 0.3) is 0 Å². The van der Waals surface area contributed by atoms with Crippen molar-refractivity contribution in [1.82, 2.24) is 5.32 Å². The van der Waals surface area contributed by atoms with Gasteiger partial charge in [-0.3, -0.25) is 0 Å². The molecule has 1 aliphatic rings. The quantitative estimate of drug-likeness (QED) is 0.614. The topological polar surface area (TPSA) is 12.0 Å². The lowest BCUT2D eigenvalue weighted by molar-refractivity contribution is 0.0988. The molecule has 9 heavy (non-hydrogen) atoms. The molecule has 1 fully saturated rings. The Morgan fingerprint density at radius 2 is 2.22 bits per heavy atom. The van der Waals surface area contributed by atoms with Crippen molar-refractivity contribution in [3.8, 4) is 0 Å². The summed E-state index contributed by atoms with van der Waals surface area (Å²) in [5.74, 6) is -2.72. The van der Waals surface area contributed by atoms with Crippen LogP contribution in [0.2, 0.25) is 0 Å². The van der Waals surface area contributed by atoms with Crippen LogP contribution >= 0.6 is 0 Å². The second-order valence-electron chi connectivity index (χ2n) is 2.47. The van der Waals surface area contributed by atoms with Crippen molar-refractivity contribution in [3.05, 3.63) is 0 Å². The van der Waals surface area contributed by atoms with Crippen molar-refractivity contribution in [2.75, 3.05) is 13.1 Å². The second kappa shape index (κ2) is 2.21. The van der Waals surface area contributed by atoms with Crippen LogP contribution in [0.15, 0.2) is 0 Å². The largest absolute Gasteiger partial charge is 0.317 e. The summed E-state index contributed by atoms with van der Waals surface area (Å²) in [6.45, 7) is 3.18. The van der Waals surface area contributed by atoms with E-state index in [1.54, 1.807) is 0 Å². The summed E-state index contributed by atoms with van der Waals surface area (Å²) >= 11 is 0. The molecule has 0 aromatic rings. The predicted octanol–water partition coefficient (Wildman–Crippen LogP) is 1.25. The summed E-state index contributed by atoms with van der Waals surface area (Å²) in [6, 6.07) is 0. The first-order valence-electron chi connectivity index (χ1n) is 3.25. The van der Waals surface area contributed by atoms with E-state index in [1.165, 1.54) is 0 Å². The van der Waals surface area contributed by atoms with Gasteiger partial charge in [-0.2, -0.15) is 0 Å². The van der Waals surface area contributed by atoms with E-state index in [1.807, 2.05) is 6.92 Å². The van der Waals surface area contributed by atoms with Gasteiger partial charge in [0.1, 0.15) is 0 Å². The number of hydrogen-bond donors (Lipinski definition) is 1. The first kappa shape index (κ1) is 6.93. The molecule has 1 saturated carbocycles. The number of rotatable bonds is 3. The zero-order valence-electron chi connectivity index (χ0n) is 5.45. The highest BCUT2D eigenvalue weighted by molar-refractivity contribution is 4.95. The molecule has 1 nitrogen and oxygen atoms in total. The van der Waals surface area contributed by atoms with E-state index < -0.39 is 5.92 Å². The van der Waals surface area contributed by atoms with E-state index in [4.69, 9.17) is 0 Å². The second-order valence-corrected chi connectivity index (χ2v) is 2.47. The number of nitrogens with one attached hydrogen (secondary N) is 1. The molecule has 1 rings (SSSR count). The Morgan fingerprint density at radius 3 is 2.56 bits per heavy atom. The molecule has 0 amide bonds. The lowest BCUT2D eigenvalue weighted by Crippen LogP contribution is -2.18. The summed E-state index contributed by atoms with van der Waals surface area (Å²) in [5, 5.41) is 2.89. The summed E-state index contributed by atoms with van der Waals surface area (Å²) in [7, 11) is 0. The normalized spacial score (nSPS) is 30.3. The molecular weight excluding hydrogens is 124 g/mol. The maximum absolute atomic E-state index is 12.1. The Labute approximate surface area is 53.4 Å². The Kier molecular flexibility index (Phi) is 1.70. The van der Waals surface area contributed by atoms with Gasteiger partial charge in [-0.1, -0.05) is 6.92 Å². The summed E-state index contributed by atoms with van der Waals surface area (Å²) in [5.41, 5.74) is 0. The zero-order valence-corrected chi connectivity index (χ0v) is 5.45. The molecular formula is C6H11F2N. The van der Waals surface area contributed by atoms with E-state index >= 15 is 0 Å². The van der Waals surface area contributed by atoms with Crippen LogP contribution in [0.1, 0.15) is 13.3 Å². The van der Waals surface area contributed by atoms with Gasteiger partial charge in [0.05, 0.1) is 0 Å². The van der Waals surface area contributed by atoms with Gasteiger partial charge in [-0.25, -0.2) is 8.78 Å². The van der Waals surface area contributed by atoms with Crippen LogP contribution in [-0.4, -0.2) is 19.0 Å². The maximum atomic E-state index is 12.1. The summed E-state index contributed by atoms with van der Waals surface area (Å²) in [4.78, 5) is 0. The van der Waals surface area contributed by atoms with Crippen LogP contribution in [-0.2, 0) is 0 Å². The van der Waals surface area contributed by atoms with Gasteiger partial charge in [0.2, 0.25) is 0 Å². The molecule has 0 aromatic heterocycles. The number of hydrogen-bond acceptors (Lipinski definition) is 1. The summed E-state index contributed by atoms with van der Waals surface area (Å²) in [6.07, 6.45) is 0.0833. The van der Waals surface area contributed by atoms with E-state index in [-0.39, 0.29) is 12.3 Å². The molecule has 1 atom stereocenters. The Hall–Kier alpha value is -0.180. The molecule has 1 unspecified atom stereocenters. The molecule has 0 spiro atoms. The molecule has 0 bridgehead atoms. The van der Waals surface area contributed by atoms with Gasteiger partial charge in [0.25, 0.3) is 5.92 Å². The van der Waals surface area contributed by atoms with Crippen LogP contribution in [0.5, 0.6) is 0 Å². The fraction of sp³-hybridized carbons (Fsp3) is 1.00. The average molecular weight is 135 g/mol. The summed E-state index contributed by atoms with van der Waals surface area (Å²) < 4.78 is 24.2. The minimum Gasteiger partial charge on any atom is -0.317 e. The lowest BCUT2D eigenvalue weighted by atomic mass is 10.4. The molecule has 1 N–H and O–H groups in total. The average Bonchev–Trinajstić information content (AvgIpc) is 2.35. The van der Waals surface area contributed by atoms with Crippen LogP contribution in [0.3, 0.4) is 0 Å². The highest BCUT2D eigenvalue weighted by atomic mass is 19.3. The SMILES string of the molecule is CCNCC1CC1(F)F. The standard InChI is InChI=1S/C6H11F2N/c1-2-9-4-5-3-6(5,7)8/h5,9H,2-4H2,1H3. The minimum atomic E-state index is -2.35. The van der Waals surface area contributed by atoms with Gasteiger partial charge in [-0.05, 0) is 6.54 Å². The van der Waals surface area contributed by atoms with Crippen molar-refractivity contribution in [1.29, 1.82) is 0 Å². The van der Waals surface area contributed by atoms with Crippen LogP contribution in [0, 0.1) is 5.92 Å². The highest BCUT2D eigenvalue weighted by Crippen LogP contribution is 2.47. The molecule has 0 aliphatic heterocycles. The van der Waals surface area contributed by atoms with Gasteiger partial charge < -0.3 is 5.32 Å². The monoisotopic (exact) mass is 135 g/mol. The molecule has 0 radical (unpaired) electrons. The van der Waals surface area contributed by atoms with E-state index in [2.05, 4.69) is 5.32 Å². The van der Waals surface area contributed by atoms with Crippen molar-refractivity contribution >= 4 is 0 Å². The lowest BCUT2D eigenvalue weighted by Gasteiger charge is -1.97. The highest BCUT2D eigenvalue weighted by Gasteiger charge is 2.56. The Balaban J connectivity index is 2.06. The molecule has 0 saturated heterocycles. The first-order chi connectivity index (χ1) is 4.17. The van der Waals surface area contributed by atoms with Gasteiger partial charge in [-0.15, -0.1) is 0 Å². The molecule has 0 heterocycles. The van der Waals surface area contributed by atoms with E-state index in [0.29, 0.717) is 6.54 Å². The Morgan fingerprint density at radius 1 is 1.67 bits per heavy atom. The molecule has 1 aliphatic carbocycles. The van der Waals surface area contributed by atoms with Crippen molar-refractivity contribution in [2.45, 2.75) is 19.3 Å².